The average Bonchev–Trinajstić information content (AvgIpc) is 2.32. The predicted octanol–water partition coefficient (Wildman–Crippen LogP) is 4.13. The lowest BCUT2D eigenvalue weighted by Gasteiger charge is -2.05. The van der Waals surface area contributed by atoms with Crippen molar-refractivity contribution in [1.82, 2.24) is 0 Å². The van der Waals surface area contributed by atoms with Gasteiger partial charge in [-0.05, 0) is 46.6 Å². The SMILES string of the molecule is Cc1ccccc1C(=O)c1ccc(F)c(Br)c1. The van der Waals surface area contributed by atoms with Crippen molar-refractivity contribution in [2.24, 2.45) is 0 Å². The quantitative estimate of drug-likeness (QED) is 0.761. The number of aryl methyl sites for hydroxylation is 1. The van der Waals surface area contributed by atoms with Gasteiger partial charge in [0.15, 0.2) is 5.78 Å². The highest BCUT2D eigenvalue weighted by Crippen LogP contribution is 2.20. The van der Waals surface area contributed by atoms with Gasteiger partial charge in [0.2, 0.25) is 0 Å². The summed E-state index contributed by atoms with van der Waals surface area (Å²) in [5.41, 5.74) is 2.04. The molecule has 1 nitrogen and oxygen atoms in total. The van der Waals surface area contributed by atoms with Gasteiger partial charge in [-0.2, -0.15) is 0 Å². The van der Waals surface area contributed by atoms with E-state index >= 15 is 0 Å². The molecule has 0 aliphatic carbocycles. The Morgan fingerprint density at radius 2 is 1.88 bits per heavy atom. The van der Waals surface area contributed by atoms with Gasteiger partial charge in [0.05, 0.1) is 4.47 Å². The highest BCUT2D eigenvalue weighted by molar-refractivity contribution is 9.10. The lowest BCUT2D eigenvalue weighted by atomic mass is 9.99. The van der Waals surface area contributed by atoms with Gasteiger partial charge in [0.25, 0.3) is 0 Å². The minimum atomic E-state index is -0.369. The third-order valence-electron chi connectivity index (χ3n) is 2.57. The summed E-state index contributed by atoms with van der Waals surface area (Å²) in [6, 6.07) is 11.6. The molecule has 0 aliphatic heterocycles. The normalized spacial score (nSPS) is 10.3. The first-order valence-electron chi connectivity index (χ1n) is 5.15. The molecule has 0 saturated carbocycles. The fourth-order valence-corrected chi connectivity index (χ4v) is 2.00. The minimum absolute atomic E-state index is 0.0937. The lowest BCUT2D eigenvalue weighted by Crippen LogP contribution is -2.03. The highest BCUT2D eigenvalue weighted by atomic mass is 79.9. The molecule has 86 valence electrons. The maximum atomic E-state index is 13.1. The van der Waals surface area contributed by atoms with Crippen LogP contribution in [0.5, 0.6) is 0 Å². The fraction of sp³-hybridized carbons (Fsp3) is 0.0714. The minimum Gasteiger partial charge on any atom is -0.289 e. The lowest BCUT2D eigenvalue weighted by molar-refractivity contribution is 0.103. The van der Waals surface area contributed by atoms with E-state index in [1.807, 2.05) is 25.1 Å². The van der Waals surface area contributed by atoms with Gasteiger partial charge in [-0.15, -0.1) is 0 Å². The van der Waals surface area contributed by atoms with E-state index < -0.39 is 0 Å². The van der Waals surface area contributed by atoms with Crippen molar-refractivity contribution in [3.05, 3.63) is 69.4 Å². The molecule has 0 bridgehead atoms. The molecule has 3 heteroatoms. The Morgan fingerprint density at radius 3 is 2.53 bits per heavy atom. The van der Waals surface area contributed by atoms with Crippen LogP contribution in [-0.2, 0) is 0 Å². The zero-order valence-electron chi connectivity index (χ0n) is 9.21. The smallest absolute Gasteiger partial charge is 0.193 e. The van der Waals surface area contributed by atoms with Crippen LogP contribution in [0.15, 0.2) is 46.9 Å². The van der Waals surface area contributed by atoms with E-state index in [0.717, 1.165) is 5.56 Å². The second kappa shape index (κ2) is 4.80. The summed E-state index contributed by atoms with van der Waals surface area (Å²) >= 11 is 3.08. The van der Waals surface area contributed by atoms with Crippen LogP contribution in [0.4, 0.5) is 4.39 Å². The number of rotatable bonds is 2. The summed E-state index contributed by atoms with van der Waals surface area (Å²) in [6.45, 7) is 1.88. The zero-order chi connectivity index (χ0) is 12.4. The van der Waals surface area contributed by atoms with E-state index in [9.17, 15) is 9.18 Å². The third-order valence-corrected chi connectivity index (χ3v) is 3.18. The van der Waals surface area contributed by atoms with Crippen LogP contribution in [0.2, 0.25) is 0 Å². The fourth-order valence-electron chi connectivity index (χ4n) is 1.62. The summed E-state index contributed by atoms with van der Waals surface area (Å²) < 4.78 is 13.4. The van der Waals surface area contributed by atoms with Crippen molar-refractivity contribution in [2.75, 3.05) is 0 Å². The van der Waals surface area contributed by atoms with Gasteiger partial charge in [0.1, 0.15) is 5.82 Å². The largest absolute Gasteiger partial charge is 0.289 e. The molecule has 0 spiro atoms. The van der Waals surface area contributed by atoms with Crippen molar-refractivity contribution in [3.63, 3.8) is 0 Å². The number of halogens is 2. The Kier molecular flexibility index (Phi) is 3.38. The molecule has 0 N–H and O–H groups in total. The number of carbonyl (C=O) groups is 1. The Labute approximate surface area is 107 Å². The molecule has 0 aliphatic rings. The van der Waals surface area contributed by atoms with Crippen molar-refractivity contribution in [3.8, 4) is 0 Å². The number of carbonyl (C=O) groups excluding carboxylic acids is 1. The van der Waals surface area contributed by atoms with Crippen molar-refractivity contribution in [2.45, 2.75) is 6.92 Å². The summed E-state index contributed by atoms with van der Waals surface area (Å²) in [5.74, 6) is -0.463. The standard InChI is InChI=1S/C14H10BrFO/c1-9-4-2-3-5-11(9)14(17)10-6-7-13(16)12(15)8-10/h2-8H,1H3. The molecule has 0 unspecified atom stereocenters. The molecular formula is C14H10BrFO. The summed E-state index contributed by atoms with van der Waals surface area (Å²) in [7, 11) is 0. The molecule has 0 radical (unpaired) electrons. The second-order valence-corrected chi connectivity index (χ2v) is 4.63. The first-order valence-corrected chi connectivity index (χ1v) is 5.94. The van der Waals surface area contributed by atoms with Crippen LogP contribution in [0, 0.1) is 12.7 Å². The first-order chi connectivity index (χ1) is 8.09. The van der Waals surface area contributed by atoms with E-state index in [4.69, 9.17) is 0 Å². The number of hydrogen-bond acceptors (Lipinski definition) is 1. The average molecular weight is 293 g/mol. The van der Waals surface area contributed by atoms with Gasteiger partial charge in [0, 0.05) is 11.1 Å². The number of ketones is 1. The molecule has 0 heterocycles. The molecule has 0 fully saturated rings. The second-order valence-electron chi connectivity index (χ2n) is 3.77. The van der Waals surface area contributed by atoms with Crippen LogP contribution in [0.3, 0.4) is 0 Å². The van der Waals surface area contributed by atoms with Gasteiger partial charge in [-0.1, -0.05) is 24.3 Å². The topological polar surface area (TPSA) is 17.1 Å². The number of hydrogen-bond donors (Lipinski definition) is 0. The monoisotopic (exact) mass is 292 g/mol. The van der Waals surface area contributed by atoms with E-state index in [0.29, 0.717) is 15.6 Å². The molecule has 2 rings (SSSR count). The van der Waals surface area contributed by atoms with Gasteiger partial charge in [-0.25, -0.2) is 4.39 Å². The van der Waals surface area contributed by atoms with E-state index in [1.54, 1.807) is 6.07 Å². The maximum absolute atomic E-state index is 13.1. The molecule has 0 aromatic heterocycles. The summed E-state index contributed by atoms with van der Waals surface area (Å²) in [5, 5.41) is 0. The summed E-state index contributed by atoms with van der Waals surface area (Å²) in [4.78, 5) is 12.2. The van der Waals surface area contributed by atoms with Gasteiger partial charge < -0.3 is 0 Å². The van der Waals surface area contributed by atoms with Crippen LogP contribution in [0.1, 0.15) is 21.5 Å². The summed E-state index contributed by atoms with van der Waals surface area (Å²) in [6.07, 6.45) is 0. The van der Waals surface area contributed by atoms with Gasteiger partial charge >= 0.3 is 0 Å². The molecule has 2 aromatic carbocycles. The Hall–Kier alpha value is -1.48. The van der Waals surface area contributed by atoms with Crippen LogP contribution < -0.4 is 0 Å². The maximum Gasteiger partial charge on any atom is 0.193 e. The van der Waals surface area contributed by atoms with E-state index in [1.165, 1.54) is 18.2 Å². The molecular weight excluding hydrogens is 283 g/mol. The Bertz CT molecular complexity index is 578. The Balaban J connectivity index is 2.44. The molecule has 0 saturated heterocycles. The molecule has 0 atom stereocenters. The van der Waals surface area contributed by atoms with Gasteiger partial charge in [-0.3, -0.25) is 4.79 Å². The van der Waals surface area contributed by atoms with Crippen LogP contribution >= 0.6 is 15.9 Å². The van der Waals surface area contributed by atoms with Crippen molar-refractivity contribution in [1.29, 1.82) is 0 Å². The first kappa shape index (κ1) is 12.0. The molecule has 2 aromatic rings. The third kappa shape index (κ3) is 2.44. The zero-order valence-corrected chi connectivity index (χ0v) is 10.8. The van der Waals surface area contributed by atoms with E-state index in [2.05, 4.69) is 15.9 Å². The predicted molar refractivity (Wildman–Crippen MR) is 68.7 cm³/mol. The number of benzene rings is 2. The van der Waals surface area contributed by atoms with E-state index in [-0.39, 0.29) is 11.6 Å². The van der Waals surface area contributed by atoms with Crippen LogP contribution in [0.25, 0.3) is 0 Å². The van der Waals surface area contributed by atoms with Crippen molar-refractivity contribution >= 4 is 21.7 Å². The highest BCUT2D eigenvalue weighted by Gasteiger charge is 2.12. The Morgan fingerprint density at radius 1 is 1.18 bits per heavy atom. The van der Waals surface area contributed by atoms with Crippen LogP contribution in [-0.4, -0.2) is 5.78 Å². The molecule has 17 heavy (non-hydrogen) atoms. The molecule has 0 amide bonds. The van der Waals surface area contributed by atoms with Crippen molar-refractivity contribution < 1.29 is 9.18 Å².